The lowest BCUT2D eigenvalue weighted by Crippen LogP contribution is -2.06. The van der Waals surface area contributed by atoms with Crippen LogP contribution < -0.4 is 0 Å². The molecule has 344 valence electrons. The molecule has 0 atom stereocenters. The van der Waals surface area contributed by atoms with Crippen LogP contribution in [-0.2, 0) is 0 Å². The number of benzene rings is 4. The van der Waals surface area contributed by atoms with Crippen LogP contribution >= 0.6 is 0 Å². The van der Waals surface area contributed by atoms with Crippen LogP contribution in [0.15, 0.2) is 72.8 Å². The number of fused-ring (bicyclic) bond motifs is 16. The van der Waals surface area contributed by atoms with E-state index in [4.69, 9.17) is 0 Å². The van der Waals surface area contributed by atoms with Gasteiger partial charge in [0.05, 0.1) is 0 Å². The Morgan fingerprint density at radius 1 is 0.292 bits per heavy atom. The number of carbonyl (C=O) groups is 4. The van der Waals surface area contributed by atoms with E-state index in [0.717, 1.165) is 53.8 Å². The average Bonchev–Trinajstić information content (AvgIpc) is 4.28. The summed E-state index contributed by atoms with van der Waals surface area (Å²) in [5, 5.41) is 60.0. The van der Waals surface area contributed by atoms with Gasteiger partial charge < -0.3 is 0 Å². The Labute approximate surface area is 398 Å². The first-order valence-corrected chi connectivity index (χ1v) is 21.4. The molecule has 12 aromatic rings. The van der Waals surface area contributed by atoms with Gasteiger partial charge in [-0.25, -0.2) is 19.9 Å². The molecule has 0 fully saturated rings. The highest BCUT2D eigenvalue weighted by Gasteiger charge is 2.34. The molecule has 0 N–H and O–H groups in total. The Bertz CT molecular complexity index is 4120. The lowest BCUT2D eigenvalue weighted by atomic mass is 10.1. The maximum atomic E-state index is 12.2. The fraction of sp³-hybridized carbons (Fsp3) is 0.0909. The Hall–Kier alpha value is -10.8. The van der Waals surface area contributed by atoms with Gasteiger partial charge >= 0.3 is 0 Å². The van der Waals surface area contributed by atoms with Gasteiger partial charge in [0.15, 0.2) is 11.4 Å². The Balaban J connectivity index is 0.0000000933. The number of aromatic nitrogens is 24. The van der Waals surface area contributed by atoms with Gasteiger partial charge in [0, 0.05) is 44.5 Å². The molecular weight excluding hydrogens is 929 g/mol. The van der Waals surface area contributed by atoms with E-state index in [-0.39, 0.29) is 46.2 Å². The molecule has 4 aliphatic carbocycles. The van der Waals surface area contributed by atoms with Crippen molar-refractivity contribution >= 4 is 46.2 Å². The van der Waals surface area contributed by atoms with Crippen molar-refractivity contribution in [1.82, 2.24) is 121 Å². The van der Waals surface area contributed by atoms with Crippen molar-refractivity contribution < 1.29 is 19.2 Å². The van der Waals surface area contributed by atoms with Gasteiger partial charge in [-0.2, -0.15) is 0 Å². The normalized spacial score (nSPS) is 12.8. The van der Waals surface area contributed by atoms with Crippen molar-refractivity contribution in [3.63, 3.8) is 0 Å². The van der Waals surface area contributed by atoms with E-state index in [2.05, 4.69) is 102 Å². The topological polar surface area (TPSA) is 344 Å². The van der Waals surface area contributed by atoms with E-state index < -0.39 is 0 Å². The molecule has 0 amide bonds. The maximum Gasteiger partial charge on any atom is 0.292 e. The second-order valence-electron chi connectivity index (χ2n) is 16.6. The molecule has 0 aliphatic heterocycles. The van der Waals surface area contributed by atoms with Gasteiger partial charge in [-0.1, -0.05) is 110 Å². The smallest absolute Gasteiger partial charge is 0.287 e. The fourth-order valence-corrected chi connectivity index (χ4v) is 8.50. The summed E-state index contributed by atoms with van der Waals surface area (Å²) < 4.78 is 4.77. The van der Waals surface area contributed by atoms with Gasteiger partial charge in [0.25, 0.3) is 23.1 Å². The largest absolute Gasteiger partial charge is 0.292 e. The second kappa shape index (κ2) is 15.4. The predicted octanol–water partition coefficient (Wildman–Crippen LogP) is 1.74. The first-order chi connectivity index (χ1) is 34.9. The zero-order chi connectivity index (χ0) is 49.1. The summed E-state index contributed by atoms with van der Waals surface area (Å²) in [6, 6.07) is 22.5. The molecule has 0 unspecified atom stereocenters. The van der Waals surface area contributed by atoms with Crippen molar-refractivity contribution in [3.05, 3.63) is 140 Å². The van der Waals surface area contributed by atoms with Crippen LogP contribution in [0.25, 0.3) is 68.1 Å². The van der Waals surface area contributed by atoms with Gasteiger partial charge in [-0.15, -0.1) is 20.4 Å². The Kier molecular flexibility index (Phi) is 8.83. The SMILES string of the molecule is Cc1ccc2c(c1)-c1nc3nnnn3nc1C2=O.Cc1ccc2c(c1)-c1nn3nnnc3nc1C2=O.Cc1ccc2c(c1)C(=O)c1nc3nnnn3nc1-2.Cc1ccc2c(c1)C(=O)c1nn3nnnc3nc1-2. The van der Waals surface area contributed by atoms with E-state index in [1.54, 1.807) is 12.1 Å². The predicted molar refractivity (Wildman–Crippen MR) is 240 cm³/mol. The molecule has 72 heavy (non-hydrogen) atoms. The van der Waals surface area contributed by atoms with Crippen molar-refractivity contribution in [2.75, 3.05) is 0 Å². The number of rotatable bonds is 0. The molecule has 28 heteroatoms. The van der Waals surface area contributed by atoms with Crippen molar-refractivity contribution in [3.8, 4) is 45.0 Å². The molecule has 8 aromatic heterocycles. The zero-order valence-corrected chi connectivity index (χ0v) is 37.3. The van der Waals surface area contributed by atoms with Crippen LogP contribution in [0.3, 0.4) is 0 Å². The van der Waals surface area contributed by atoms with Gasteiger partial charge in [-0.05, 0) is 93.7 Å². The maximum absolute atomic E-state index is 12.2. The number of carbonyl (C=O) groups excluding carboxylic acids is 4. The van der Waals surface area contributed by atoms with Gasteiger partial charge in [0.2, 0.25) is 23.1 Å². The highest BCUT2D eigenvalue weighted by molar-refractivity contribution is 6.22. The summed E-state index contributed by atoms with van der Waals surface area (Å²) in [5.74, 6) is 0.516. The van der Waals surface area contributed by atoms with Crippen LogP contribution in [0.5, 0.6) is 0 Å². The minimum absolute atomic E-state index is 0.123. The van der Waals surface area contributed by atoms with Gasteiger partial charge in [-0.3, -0.25) is 19.2 Å². The monoisotopic (exact) mass is 952 g/mol. The molecule has 0 radical (unpaired) electrons. The minimum atomic E-state index is -0.134. The third kappa shape index (κ3) is 6.39. The lowest BCUT2D eigenvalue weighted by Gasteiger charge is -1.99. The molecule has 0 saturated heterocycles. The van der Waals surface area contributed by atoms with Gasteiger partial charge in [0.1, 0.15) is 34.2 Å². The van der Waals surface area contributed by atoms with Crippen LogP contribution in [0.2, 0.25) is 0 Å². The molecule has 16 rings (SSSR count). The zero-order valence-electron chi connectivity index (χ0n) is 37.3. The molecule has 4 aromatic carbocycles. The van der Waals surface area contributed by atoms with Crippen molar-refractivity contribution in [2.24, 2.45) is 0 Å². The Morgan fingerprint density at radius 3 is 1.00 bits per heavy atom. The summed E-state index contributed by atoms with van der Waals surface area (Å²) in [6.07, 6.45) is 0. The van der Waals surface area contributed by atoms with E-state index in [9.17, 15) is 19.2 Å². The highest BCUT2D eigenvalue weighted by atomic mass is 16.1. The first kappa shape index (κ1) is 41.4. The van der Waals surface area contributed by atoms with Crippen LogP contribution in [0.1, 0.15) is 86.5 Å². The number of ketones is 4. The number of tetrazole rings is 4. The summed E-state index contributed by atoms with van der Waals surface area (Å²) in [4.78, 5) is 65.7. The molecule has 0 bridgehead atoms. The quantitative estimate of drug-likeness (QED) is 0.209. The standard InChI is InChI=1S/4C11H6N6O/c1-5-2-3-6-7(4-5)8-9(10(6)18)12-11-13-15-16-17(11)14-8;1-5-2-3-6-7(4-5)8-9(10(6)18)14-17-11(12-8)13-15-16-17;1-5-2-3-6-7(4-5)10(18)9-8(6)14-17-11(12-9)13-15-16-17;1-5-2-3-6-7(4-5)10(18)9-8(6)12-11-13-15-16-17(11)14-9/h4*2-4H,1H3. The third-order valence-electron chi connectivity index (χ3n) is 11.8. The lowest BCUT2D eigenvalue weighted by molar-refractivity contribution is 0.102. The molecule has 28 nitrogen and oxygen atoms in total. The van der Waals surface area contributed by atoms with E-state index in [0.29, 0.717) is 67.8 Å². The van der Waals surface area contributed by atoms with Crippen molar-refractivity contribution in [2.45, 2.75) is 27.7 Å². The summed E-state index contributed by atoms with van der Waals surface area (Å²) in [7, 11) is 0. The van der Waals surface area contributed by atoms with Crippen LogP contribution in [0.4, 0.5) is 0 Å². The number of nitrogens with zero attached hydrogens (tertiary/aromatic N) is 24. The van der Waals surface area contributed by atoms with Crippen molar-refractivity contribution in [1.29, 1.82) is 0 Å². The molecule has 8 heterocycles. The molecule has 4 aliphatic rings. The summed E-state index contributed by atoms with van der Waals surface area (Å²) in [6.45, 7) is 7.81. The summed E-state index contributed by atoms with van der Waals surface area (Å²) >= 11 is 0. The fourth-order valence-electron chi connectivity index (χ4n) is 8.50. The van der Waals surface area contributed by atoms with E-state index in [1.165, 1.54) is 9.26 Å². The number of hydrogen-bond donors (Lipinski definition) is 0. The molecule has 0 spiro atoms. The minimum Gasteiger partial charge on any atom is -0.287 e. The second-order valence-corrected chi connectivity index (χ2v) is 16.6. The average molecular weight is 953 g/mol. The summed E-state index contributed by atoms with van der Waals surface area (Å²) in [5.41, 5.74) is 13.3. The van der Waals surface area contributed by atoms with Crippen LogP contribution in [0, 0.1) is 27.7 Å². The van der Waals surface area contributed by atoms with Crippen LogP contribution in [-0.4, -0.2) is 144 Å². The molecular formula is C44H24N24O4. The van der Waals surface area contributed by atoms with E-state index >= 15 is 0 Å². The van der Waals surface area contributed by atoms with E-state index in [1.807, 2.05) is 88.4 Å². The Morgan fingerprint density at radius 2 is 0.569 bits per heavy atom. The molecule has 0 saturated carbocycles. The number of aryl methyl sites for hydroxylation is 4. The first-order valence-electron chi connectivity index (χ1n) is 21.4. The highest BCUT2D eigenvalue weighted by Crippen LogP contribution is 2.37. The number of hydrogen-bond acceptors (Lipinski definition) is 24. The third-order valence-corrected chi connectivity index (χ3v) is 11.8.